The zero-order chi connectivity index (χ0) is 27.6. The van der Waals surface area contributed by atoms with Crippen molar-refractivity contribution in [3.63, 3.8) is 0 Å². The highest BCUT2D eigenvalue weighted by Crippen LogP contribution is 2.37. The van der Waals surface area contributed by atoms with Crippen molar-refractivity contribution in [2.24, 2.45) is 0 Å². The summed E-state index contributed by atoms with van der Waals surface area (Å²) in [6, 6.07) is 18.8. The molecule has 1 atom stereocenters. The molecule has 1 amide bonds. The molecule has 38 heavy (non-hydrogen) atoms. The summed E-state index contributed by atoms with van der Waals surface area (Å²) in [6.45, 7) is 8.66. The maximum Gasteiger partial charge on any atom is 0.416 e. The quantitative estimate of drug-likeness (QED) is 0.285. The average molecular weight is 522 g/mol. The van der Waals surface area contributed by atoms with Gasteiger partial charge in [0, 0.05) is 29.9 Å². The number of hydrogen-bond acceptors (Lipinski definition) is 3. The van der Waals surface area contributed by atoms with E-state index in [1.807, 2.05) is 39.0 Å². The van der Waals surface area contributed by atoms with Gasteiger partial charge >= 0.3 is 6.18 Å². The van der Waals surface area contributed by atoms with E-state index in [9.17, 15) is 23.1 Å². The lowest BCUT2D eigenvalue weighted by Crippen LogP contribution is -2.30. The zero-order valence-corrected chi connectivity index (χ0v) is 21.8. The number of alkyl halides is 3. The average Bonchev–Trinajstić information content (AvgIpc) is 3.18. The van der Waals surface area contributed by atoms with Gasteiger partial charge in [0.1, 0.15) is 11.8 Å². The van der Waals surface area contributed by atoms with Crippen LogP contribution in [-0.2, 0) is 6.18 Å². The Bertz CT molecular complexity index is 1440. The van der Waals surface area contributed by atoms with E-state index in [4.69, 9.17) is 5.10 Å². The largest absolute Gasteiger partial charge is 0.508 e. The first-order chi connectivity index (χ1) is 18.0. The number of phenolic OH excluding ortho intramolecular Hbond substituents is 1. The molecule has 198 valence electrons. The van der Waals surface area contributed by atoms with Crippen LogP contribution < -0.4 is 0 Å². The molecule has 4 aromatic rings. The molecule has 0 aliphatic heterocycles. The first kappa shape index (κ1) is 27.0. The van der Waals surface area contributed by atoms with Gasteiger partial charge in [-0.2, -0.15) is 18.3 Å². The van der Waals surface area contributed by atoms with Gasteiger partial charge in [-0.3, -0.25) is 9.48 Å². The standard InChI is InChI=1S/C30H30F3N3O2/c1-5-35(6-2)29(38)22-15-13-21(14-16-22)28(24-10-8-12-26(37)18-24)36-20(4)27(19(3)34-36)23-9-7-11-25(17-23)30(31,32)33/h7-18,28,37H,5-6H2,1-4H3. The fourth-order valence-corrected chi connectivity index (χ4v) is 4.85. The van der Waals surface area contributed by atoms with Gasteiger partial charge in [0.05, 0.1) is 11.3 Å². The van der Waals surface area contributed by atoms with Gasteiger partial charge in [0.25, 0.3) is 5.91 Å². The van der Waals surface area contributed by atoms with Crippen LogP contribution >= 0.6 is 0 Å². The molecule has 5 nitrogen and oxygen atoms in total. The third-order valence-corrected chi connectivity index (χ3v) is 6.76. The molecule has 0 aliphatic carbocycles. The second kappa shape index (κ2) is 10.7. The maximum absolute atomic E-state index is 13.4. The number of amides is 1. The van der Waals surface area contributed by atoms with Gasteiger partial charge in [0.15, 0.2) is 0 Å². The van der Waals surface area contributed by atoms with Crippen molar-refractivity contribution >= 4 is 5.91 Å². The first-order valence-electron chi connectivity index (χ1n) is 12.5. The number of benzene rings is 3. The van der Waals surface area contributed by atoms with Crippen LogP contribution in [0.5, 0.6) is 5.75 Å². The van der Waals surface area contributed by atoms with Crippen LogP contribution in [0.25, 0.3) is 11.1 Å². The van der Waals surface area contributed by atoms with E-state index in [-0.39, 0.29) is 11.7 Å². The minimum absolute atomic E-state index is 0.0617. The second-order valence-corrected chi connectivity index (χ2v) is 9.17. The molecule has 0 saturated heterocycles. The first-order valence-corrected chi connectivity index (χ1v) is 12.5. The second-order valence-electron chi connectivity index (χ2n) is 9.17. The lowest BCUT2D eigenvalue weighted by Gasteiger charge is -2.22. The van der Waals surface area contributed by atoms with E-state index in [0.717, 1.165) is 23.3 Å². The van der Waals surface area contributed by atoms with Crippen molar-refractivity contribution in [2.75, 3.05) is 13.1 Å². The Labute approximate surface area is 220 Å². The summed E-state index contributed by atoms with van der Waals surface area (Å²) in [6.07, 6.45) is -4.46. The number of carbonyl (C=O) groups excluding carboxylic acids is 1. The lowest BCUT2D eigenvalue weighted by atomic mass is 9.96. The minimum Gasteiger partial charge on any atom is -0.508 e. The normalized spacial score (nSPS) is 12.4. The molecule has 0 bridgehead atoms. The predicted octanol–water partition coefficient (Wildman–Crippen LogP) is 7.01. The number of rotatable bonds is 7. The van der Waals surface area contributed by atoms with E-state index in [0.29, 0.717) is 41.2 Å². The Morgan fingerprint density at radius 1 is 0.947 bits per heavy atom. The third kappa shape index (κ3) is 5.30. The zero-order valence-electron chi connectivity index (χ0n) is 21.8. The summed E-state index contributed by atoms with van der Waals surface area (Å²) in [7, 11) is 0. The van der Waals surface area contributed by atoms with Crippen molar-refractivity contribution in [3.05, 3.63) is 106 Å². The number of carbonyl (C=O) groups is 1. The molecule has 1 N–H and O–H groups in total. The molecule has 1 aromatic heterocycles. The fourth-order valence-electron chi connectivity index (χ4n) is 4.85. The highest BCUT2D eigenvalue weighted by Gasteiger charge is 2.31. The monoisotopic (exact) mass is 521 g/mol. The molecule has 0 fully saturated rings. The topological polar surface area (TPSA) is 58.4 Å². The Morgan fingerprint density at radius 2 is 1.61 bits per heavy atom. The van der Waals surface area contributed by atoms with Crippen molar-refractivity contribution in [1.82, 2.24) is 14.7 Å². The van der Waals surface area contributed by atoms with Crippen LogP contribution in [0.15, 0.2) is 72.8 Å². The van der Waals surface area contributed by atoms with Gasteiger partial charge in [-0.05, 0) is 80.8 Å². The van der Waals surface area contributed by atoms with Crippen molar-refractivity contribution in [2.45, 2.75) is 39.9 Å². The van der Waals surface area contributed by atoms with E-state index in [1.165, 1.54) is 6.07 Å². The minimum atomic E-state index is -4.46. The van der Waals surface area contributed by atoms with Gasteiger partial charge in [-0.15, -0.1) is 0 Å². The third-order valence-electron chi connectivity index (χ3n) is 6.76. The van der Waals surface area contributed by atoms with Crippen molar-refractivity contribution < 1.29 is 23.1 Å². The predicted molar refractivity (Wildman–Crippen MR) is 141 cm³/mol. The highest BCUT2D eigenvalue weighted by atomic mass is 19.4. The summed E-state index contributed by atoms with van der Waals surface area (Å²) >= 11 is 0. The van der Waals surface area contributed by atoms with E-state index >= 15 is 0 Å². The number of phenols is 1. The highest BCUT2D eigenvalue weighted by molar-refractivity contribution is 5.94. The number of aryl methyl sites for hydroxylation is 1. The SMILES string of the molecule is CCN(CC)C(=O)c1ccc(C(c2cccc(O)c2)n2nc(C)c(-c3cccc(C(F)(F)F)c3)c2C)cc1. The molecule has 0 saturated carbocycles. The van der Waals surface area contributed by atoms with Crippen LogP contribution in [0.3, 0.4) is 0 Å². The molecule has 1 heterocycles. The molecule has 0 radical (unpaired) electrons. The Balaban J connectivity index is 1.84. The number of halogens is 3. The smallest absolute Gasteiger partial charge is 0.416 e. The van der Waals surface area contributed by atoms with Crippen LogP contribution in [-0.4, -0.2) is 38.8 Å². The molecule has 1 unspecified atom stereocenters. The number of hydrogen-bond donors (Lipinski definition) is 1. The van der Waals surface area contributed by atoms with Gasteiger partial charge < -0.3 is 10.0 Å². The fraction of sp³-hybridized carbons (Fsp3) is 0.267. The Morgan fingerprint density at radius 3 is 2.21 bits per heavy atom. The van der Waals surface area contributed by atoms with Crippen LogP contribution in [0.2, 0.25) is 0 Å². The van der Waals surface area contributed by atoms with Crippen molar-refractivity contribution in [1.29, 1.82) is 0 Å². The summed E-state index contributed by atoms with van der Waals surface area (Å²) in [4.78, 5) is 14.6. The molecule has 8 heteroatoms. The molecular formula is C30H30F3N3O2. The van der Waals surface area contributed by atoms with E-state index < -0.39 is 17.8 Å². The van der Waals surface area contributed by atoms with Crippen molar-refractivity contribution in [3.8, 4) is 16.9 Å². The molecule has 4 rings (SSSR count). The van der Waals surface area contributed by atoms with Gasteiger partial charge in [0.2, 0.25) is 0 Å². The molecule has 3 aromatic carbocycles. The maximum atomic E-state index is 13.4. The molecular weight excluding hydrogens is 491 g/mol. The molecule has 0 spiro atoms. The Hall–Kier alpha value is -4.07. The van der Waals surface area contributed by atoms with Crippen LogP contribution in [0, 0.1) is 13.8 Å². The lowest BCUT2D eigenvalue weighted by molar-refractivity contribution is -0.137. The van der Waals surface area contributed by atoms with E-state index in [2.05, 4.69) is 0 Å². The summed E-state index contributed by atoms with van der Waals surface area (Å²) in [5.41, 5.74) is 3.70. The summed E-state index contributed by atoms with van der Waals surface area (Å²) < 4.78 is 42.0. The van der Waals surface area contributed by atoms with Crippen LogP contribution in [0.4, 0.5) is 13.2 Å². The Kier molecular flexibility index (Phi) is 7.62. The number of aromatic hydroxyl groups is 1. The molecule has 0 aliphatic rings. The van der Waals surface area contributed by atoms with Crippen LogP contribution in [0.1, 0.15) is 58.3 Å². The van der Waals surface area contributed by atoms with E-state index in [1.54, 1.807) is 52.9 Å². The summed E-state index contributed by atoms with van der Waals surface area (Å²) in [5.74, 6) is 0.0221. The number of nitrogens with zero attached hydrogens (tertiary/aromatic N) is 3. The van der Waals surface area contributed by atoms with Gasteiger partial charge in [-0.25, -0.2) is 0 Å². The van der Waals surface area contributed by atoms with Gasteiger partial charge in [-0.1, -0.05) is 36.4 Å². The summed E-state index contributed by atoms with van der Waals surface area (Å²) in [5, 5.41) is 15.0. The number of aromatic nitrogens is 2.